The SMILES string of the molecule is CCCCCCCCC(=O)CCc1ccc(O)c(OC)c1.COc1cc(CCC(=O)CCC/C=C/C(C)C)ccc1O.COc1cc(CCC(=O)CCCC/C=C/C(C)C)ccc1O.COc1cc(CCC(=O)CCCCCC(C)C)ccc1O.COc1cc(CCC(=O)CCCCCCC(C)C)ccc1O.COc1cc(CCC(=O)CCCCCCCC(C)C)ccc1O. The number of rotatable bonds is 63. The zero-order valence-corrected chi connectivity index (χ0v) is 83.3. The van der Waals surface area contributed by atoms with Gasteiger partial charge in [0, 0.05) is 77.0 Å². The Morgan fingerprint density at radius 2 is 0.431 bits per heavy atom. The van der Waals surface area contributed by atoms with Crippen LogP contribution in [-0.4, -0.2) is 108 Å². The average Bonchev–Trinajstić information content (AvgIpc) is 0.905. The van der Waals surface area contributed by atoms with Gasteiger partial charge < -0.3 is 59.1 Å². The maximum atomic E-state index is 11.9. The number of ketones is 6. The van der Waals surface area contributed by atoms with Crippen LogP contribution in [0.15, 0.2) is 133 Å². The quantitative estimate of drug-likeness (QED) is 0.0153. The molecular weight excluding hydrogens is 1630 g/mol. The number of methoxy groups -OCH3 is 6. The van der Waals surface area contributed by atoms with Crippen molar-refractivity contribution in [1.29, 1.82) is 0 Å². The number of hydrogen-bond donors (Lipinski definition) is 6. The number of hydrogen-bond acceptors (Lipinski definition) is 18. The van der Waals surface area contributed by atoms with E-state index in [9.17, 15) is 59.4 Å². The molecule has 0 aromatic heterocycles. The summed E-state index contributed by atoms with van der Waals surface area (Å²) in [4.78, 5) is 71.2. The first-order chi connectivity index (χ1) is 62.3. The summed E-state index contributed by atoms with van der Waals surface area (Å²) in [6, 6.07) is 31.5. The molecule has 0 aliphatic heterocycles. The molecule has 0 saturated heterocycles. The molecule has 0 amide bonds. The van der Waals surface area contributed by atoms with E-state index in [-0.39, 0.29) is 34.5 Å². The third-order valence-corrected chi connectivity index (χ3v) is 22.3. The second kappa shape index (κ2) is 75.0. The van der Waals surface area contributed by atoms with E-state index in [1.54, 1.807) is 72.8 Å². The maximum Gasteiger partial charge on any atom is 0.160 e. The number of unbranched alkanes of at least 4 members (excludes halogenated alkanes) is 17. The Balaban J connectivity index is 0.000000780. The molecule has 0 heterocycles. The molecule has 0 atom stereocenters. The maximum absolute atomic E-state index is 11.9. The van der Waals surface area contributed by atoms with E-state index in [1.807, 2.05) is 36.4 Å². The number of benzene rings is 6. The molecule has 728 valence electrons. The first kappa shape index (κ1) is 118. The molecule has 0 spiro atoms. The lowest BCUT2D eigenvalue weighted by Crippen LogP contribution is -2.00. The first-order valence-corrected chi connectivity index (χ1v) is 48.9. The molecule has 0 saturated carbocycles. The summed E-state index contributed by atoms with van der Waals surface area (Å²) in [7, 11) is 9.17. The van der Waals surface area contributed by atoms with Gasteiger partial charge in [-0.15, -0.1) is 0 Å². The molecule has 0 aliphatic rings. The molecule has 6 aromatic carbocycles. The van der Waals surface area contributed by atoms with E-state index in [4.69, 9.17) is 28.4 Å². The molecule has 0 bridgehead atoms. The van der Waals surface area contributed by atoms with Crippen LogP contribution in [0.3, 0.4) is 0 Å². The topological polar surface area (TPSA) is 279 Å². The Morgan fingerprint density at radius 3 is 0.638 bits per heavy atom. The minimum absolute atomic E-state index is 0.129. The highest BCUT2D eigenvalue weighted by Crippen LogP contribution is 2.33. The molecule has 18 nitrogen and oxygen atoms in total. The summed E-state index contributed by atoms with van der Waals surface area (Å²) in [6.45, 7) is 24.3. The lowest BCUT2D eigenvalue weighted by atomic mass is 10.0. The van der Waals surface area contributed by atoms with Crippen LogP contribution in [0.1, 0.15) is 354 Å². The van der Waals surface area contributed by atoms with Crippen LogP contribution in [0.5, 0.6) is 69.0 Å². The van der Waals surface area contributed by atoms with E-state index in [1.165, 1.54) is 133 Å². The number of carbonyl (C=O) groups is 6. The largest absolute Gasteiger partial charge is 0.504 e. The van der Waals surface area contributed by atoms with E-state index >= 15 is 0 Å². The van der Waals surface area contributed by atoms with Crippen molar-refractivity contribution < 1.29 is 87.8 Å². The normalized spacial score (nSPS) is 11.0. The minimum atomic E-state index is 0.129. The standard InChI is InChI=1S/C20H32O3.C19H30O3.C19H28O3.C18H28O3.C18H26O3.C18H28O3/c1-16(2)9-7-5-4-6-8-10-18(21)13-11-17-12-14-19(22)20(15-17)23-3;2*1-15(2)8-6-4-5-7-9-17(20)12-10-16-11-13-18(21)19(14-16)22-3;2*1-14(2)7-5-4-6-8-16(19)11-9-15-10-12-17(20)18(13-15)21-3;1-3-4-5-6-7-8-9-16(19)12-10-15-11-13-17(20)18(14-15)21-2/h12,14-16,22H,4-11,13H2,1-3H3;11,13-15,21H,4-10,12H2,1-3H3;6,8,11,13-15,21H,4-5,7,9-10,12H2,1-3H3;10,12-14,20H,4-9,11H2,1-3H3;5,7,10,12-14,20H,4,6,8-9,11H2,1-3H3;11,13-14,20H,3-10,12H2,1-2H3/b;;8-6+;;7-5+;. The van der Waals surface area contributed by atoms with Crippen molar-refractivity contribution in [3.05, 3.63) is 167 Å². The van der Waals surface area contributed by atoms with Gasteiger partial charge in [0.15, 0.2) is 69.0 Å². The van der Waals surface area contributed by atoms with Gasteiger partial charge in [0.25, 0.3) is 0 Å². The molecule has 0 aliphatic carbocycles. The molecule has 130 heavy (non-hydrogen) atoms. The molecule has 0 fully saturated rings. The smallest absolute Gasteiger partial charge is 0.160 e. The predicted molar refractivity (Wildman–Crippen MR) is 534 cm³/mol. The Bertz CT molecular complexity index is 4090. The molecule has 6 aromatic rings. The van der Waals surface area contributed by atoms with Gasteiger partial charge in [-0.3, -0.25) is 28.8 Å². The van der Waals surface area contributed by atoms with Crippen molar-refractivity contribution >= 4 is 34.7 Å². The van der Waals surface area contributed by atoms with Gasteiger partial charge in [-0.1, -0.05) is 246 Å². The van der Waals surface area contributed by atoms with Gasteiger partial charge in [-0.2, -0.15) is 0 Å². The van der Waals surface area contributed by atoms with Crippen molar-refractivity contribution in [2.75, 3.05) is 42.7 Å². The minimum Gasteiger partial charge on any atom is -0.504 e. The van der Waals surface area contributed by atoms with Gasteiger partial charge >= 0.3 is 0 Å². The highest BCUT2D eigenvalue weighted by atomic mass is 16.5. The Hall–Kier alpha value is -9.58. The number of carbonyl (C=O) groups excluding carboxylic acids is 6. The Labute approximate surface area is 785 Å². The highest BCUT2D eigenvalue weighted by molar-refractivity contribution is 5.81. The van der Waals surface area contributed by atoms with Crippen molar-refractivity contribution in [1.82, 2.24) is 0 Å². The van der Waals surface area contributed by atoms with E-state index in [2.05, 4.69) is 100 Å². The van der Waals surface area contributed by atoms with Crippen LogP contribution in [0, 0.1) is 29.6 Å². The summed E-state index contributed by atoms with van der Waals surface area (Å²) in [5, 5.41) is 57.2. The summed E-state index contributed by atoms with van der Waals surface area (Å²) in [5.74, 6) is 9.03. The van der Waals surface area contributed by atoms with Gasteiger partial charge in [-0.25, -0.2) is 0 Å². The summed E-state index contributed by atoms with van der Waals surface area (Å²) >= 11 is 0. The van der Waals surface area contributed by atoms with Crippen molar-refractivity contribution in [2.24, 2.45) is 29.6 Å². The fourth-order valence-corrected chi connectivity index (χ4v) is 14.2. The number of ether oxygens (including phenoxy) is 6. The lowest BCUT2D eigenvalue weighted by molar-refractivity contribution is -0.120. The number of aromatic hydroxyl groups is 6. The fourth-order valence-electron chi connectivity index (χ4n) is 14.2. The van der Waals surface area contributed by atoms with E-state index < -0.39 is 0 Å². The van der Waals surface area contributed by atoms with E-state index in [0.29, 0.717) is 197 Å². The zero-order valence-electron chi connectivity index (χ0n) is 83.3. The number of Topliss-reactive ketones (excluding diaryl/α,β-unsaturated/α-hetero) is 6. The molecule has 18 heteroatoms. The molecular formula is C112H172O18. The number of allylic oxidation sites excluding steroid dienone is 4. The first-order valence-electron chi connectivity index (χ1n) is 48.9. The van der Waals surface area contributed by atoms with Gasteiger partial charge in [-0.05, 0) is 232 Å². The third kappa shape index (κ3) is 61.9. The van der Waals surface area contributed by atoms with Crippen LogP contribution in [0.4, 0.5) is 0 Å². The fraction of sp³-hybridized carbons (Fsp3) is 0.589. The molecule has 6 rings (SSSR count). The number of phenols is 6. The summed E-state index contributed by atoms with van der Waals surface area (Å²) < 4.78 is 30.4. The Kier molecular flexibility index (Phi) is 68.3. The second-order valence-corrected chi connectivity index (χ2v) is 36.3. The average molecular weight is 1810 g/mol. The van der Waals surface area contributed by atoms with E-state index in [0.717, 1.165) is 128 Å². The molecule has 6 N–H and O–H groups in total. The second-order valence-electron chi connectivity index (χ2n) is 36.3. The predicted octanol–water partition coefficient (Wildman–Crippen LogP) is 28.3. The van der Waals surface area contributed by atoms with Crippen LogP contribution >= 0.6 is 0 Å². The van der Waals surface area contributed by atoms with Crippen LogP contribution in [0.25, 0.3) is 0 Å². The summed E-state index contributed by atoms with van der Waals surface area (Å²) in [6.07, 6.45) is 50.6. The van der Waals surface area contributed by atoms with Crippen molar-refractivity contribution in [2.45, 2.75) is 359 Å². The summed E-state index contributed by atoms with van der Waals surface area (Å²) in [5.41, 5.74) is 6.14. The van der Waals surface area contributed by atoms with Crippen molar-refractivity contribution in [3.8, 4) is 69.0 Å². The van der Waals surface area contributed by atoms with Crippen molar-refractivity contribution in [3.63, 3.8) is 0 Å². The molecule has 0 unspecified atom stereocenters. The van der Waals surface area contributed by atoms with Gasteiger partial charge in [0.2, 0.25) is 0 Å². The lowest BCUT2D eigenvalue weighted by Gasteiger charge is -2.07. The monoisotopic (exact) mass is 1810 g/mol. The number of phenolic OH excluding ortho intramolecular Hbond substituents is 6. The number of aryl methyl sites for hydroxylation is 6. The highest BCUT2D eigenvalue weighted by Gasteiger charge is 2.15. The van der Waals surface area contributed by atoms with Gasteiger partial charge in [0.1, 0.15) is 34.7 Å². The Morgan fingerprint density at radius 1 is 0.246 bits per heavy atom. The third-order valence-electron chi connectivity index (χ3n) is 22.3. The van der Waals surface area contributed by atoms with Crippen LogP contribution in [-0.2, 0) is 67.3 Å². The van der Waals surface area contributed by atoms with Crippen LogP contribution in [0.2, 0.25) is 0 Å². The van der Waals surface area contributed by atoms with Crippen LogP contribution < -0.4 is 28.4 Å². The molecule has 0 radical (unpaired) electrons. The zero-order chi connectivity index (χ0) is 96.7. The van der Waals surface area contributed by atoms with Gasteiger partial charge in [0.05, 0.1) is 42.7 Å².